The van der Waals surface area contributed by atoms with Gasteiger partial charge in [0.15, 0.2) is 7.28 Å². The first-order chi connectivity index (χ1) is 30.9. The monoisotopic (exact) mass is 804 g/mol. The summed E-state index contributed by atoms with van der Waals surface area (Å²) in [6, 6.07) is 76.2. The zero-order valence-electron chi connectivity index (χ0n) is 35.8. The van der Waals surface area contributed by atoms with Crippen molar-refractivity contribution in [2.24, 2.45) is 0 Å². The second-order valence-corrected chi connectivity index (χ2v) is 17.8. The summed E-state index contributed by atoms with van der Waals surface area (Å²) in [5.41, 5.74) is 22.4. The number of nitrogens with one attached hydrogen (secondary N) is 1. The Labute approximate surface area is 370 Å². The number of nitrogens with zero attached hydrogens (tertiary/aromatic N) is 1. The first-order valence-corrected chi connectivity index (χ1v) is 22.1. The molecular weight excluding hydrogens is 759 g/mol. The standard InChI is InChI=1S/C60H45BN2/c1-38-34-43(40-18-8-5-9-19-40)29-33-55(38)63-56-37-53-50(48-24-14-15-25-52(48)60(53,2)3)36-54(56)61-57-51(35-44-21-11-13-23-47(44)59(57)63)49-32-28-42-20-10-12-22-46(42)58(49)62-45-30-26-41(27-31-45)39-16-6-4-7-17-39/h4-37,61-62H,1-3H3. The van der Waals surface area contributed by atoms with Crippen molar-refractivity contribution < 1.29 is 0 Å². The molecule has 1 heterocycles. The van der Waals surface area contributed by atoms with Crippen molar-refractivity contribution in [1.29, 1.82) is 0 Å². The largest absolute Gasteiger partial charge is 0.355 e. The molecule has 0 amide bonds. The molecule has 2 nitrogen and oxygen atoms in total. The fourth-order valence-electron chi connectivity index (χ4n) is 10.6. The quantitative estimate of drug-likeness (QED) is 0.168. The Hall–Kier alpha value is -7.62. The summed E-state index contributed by atoms with van der Waals surface area (Å²) in [5, 5.41) is 8.86. The van der Waals surface area contributed by atoms with Gasteiger partial charge in [0.1, 0.15) is 0 Å². The molecule has 1 aliphatic heterocycles. The van der Waals surface area contributed by atoms with Gasteiger partial charge in [-0.15, -0.1) is 0 Å². The lowest BCUT2D eigenvalue weighted by Gasteiger charge is -2.38. The summed E-state index contributed by atoms with van der Waals surface area (Å²) in [6.07, 6.45) is 0. The van der Waals surface area contributed by atoms with Crippen molar-refractivity contribution in [2.45, 2.75) is 26.2 Å². The Kier molecular flexibility index (Phi) is 8.56. The van der Waals surface area contributed by atoms with Gasteiger partial charge in [0.05, 0.1) is 5.69 Å². The van der Waals surface area contributed by atoms with Gasteiger partial charge in [0.25, 0.3) is 0 Å². The molecule has 12 rings (SSSR count). The molecule has 298 valence electrons. The van der Waals surface area contributed by atoms with Crippen molar-refractivity contribution in [1.82, 2.24) is 0 Å². The van der Waals surface area contributed by atoms with E-state index in [1.807, 2.05) is 0 Å². The number of rotatable bonds is 6. The highest BCUT2D eigenvalue weighted by Gasteiger charge is 2.39. The van der Waals surface area contributed by atoms with Crippen LogP contribution < -0.4 is 21.1 Å². The zero-order valence-corrected chi connectivity index (χ0v) is 35.8. The van der Waals surface area contributed by atoms with Crippen LogP contribution in [0.4, 0.5) is 28.4 Å². The molecule has 0 unspecified atom stereocenters. The molecule has 0 fully saturated rings. The highest BCUT2D eigenvalue weighted by Crippen LogP contribution is 2.52. The molecule has 1 N–H and O–H groups in total. The minimum atomic E-state index is -0.131. The van der Waals surface area contributed by atoms with Gasteiger partial charge in [-0.25, -0.2) is 0 Å². The lowest BCUT2D eigenvalue weighted by Crippen LogP contribution is -2.41. The number of benzene rings is 10. The van der Waals surface area contributed by atoms with Crippen LogP contribution in [-0.4, -0.2) is 7.28 Å². The Morgan fingerprint density at radius 1 is 0.444 bits per heavy atom. The van der Waals surface area contributed by atoms with E-state index >= 15 is 0 Å². The molecule has 63 heavy (non-hydrogen) atoms. The third-order valence-corrected chi connectivity index (χ3v) is 13.8. The van der Waals surface area contributed by atoms with Crippen molar-refractivity contribution >= 4 is 68.2 Å². The van der Waals surface area contributed by atoms with E-state index in [-0.39, 0.29) is 5.41 Å². The van der Waals surface area contributed by atoms with Crippen LogP contribution in [0.2, 0.25) is 0 Å². The van der Waals surface area contributed by atoms with E-state index in [1.165, 1.54) is 111 Å². The summed E-state index contributed by atoms with van der Waals surface area (Å²) >= 11 is 0. The first kappa shape index (κ1) is 37.2. The van der Waals surface area contributed by atoms with Crippen molar-refractivity contribution in [3.8, 4) is 44.5 Å². The van der Waals surface area contributed by atoms with E-state index in [2.05, 4.69) is 237 Å². The normalized spacial score (nSPS) is 13.2. The zero-order chi connectivity index (χ0) is 42.2. The molecule has 0 saturated heterocycles. The molecule has 10 aromatic rings. The number of hydrogen-bond acceptors (Lipinski definition) is 2. The minimum absolute atomic E-state index is 0.131. The van der Waals surface area contributed by atoms with E-state index < -0.39 is 0 Å². The molecular formula is C60H45BN2. The third kappa shape index (κ3) is 6.03. The lowest BCUT2D eigenvalue weighted by atomic mass is 9.57. The smallest absolute Gasteiger partial charge is 0.198 e. The summed E-state index contributed by atoms with van der Waals surface area (Å²) in [6.45, 7) is 7.06. The molecule has 0 aromatic heterocycles. The van der Waals surface area contributed by atoms with E-state index in [9.17, 15) is 0 Å². The Morgan fingerprint density at radius 2 is 1.08 bits per heavy atom. The predicted octanol–water partition coefficient (Wildman–Crippen LogP) is 14.5. The summed E-state index contributed by atoms with van der Waals surface area (Å²) in [5.74, 6) is 0. The Bertz CT molecular complexity index is 3420. The molecule has 0 saturated carbocycles. The van der Waals surface area contributed by atoms with Crippen molar-refractivity contribution in [3.05, 3.63) is 223 Å². The Morgan fingerprint density at radius 3 is 1.84 bits per heavy atom. The molecule has 10 aromatic carbocycles. The fraction of sp³-hybridized carbons (Fsp3) is 0.0667. The Balaban J connectivity index is 1.11. The van der Waals surface area contributed by atoms with Crippen LogP contribution in [0.5, 0.6) is 0 Å². The summed E-state index contributed by atoms with van der Waals surface area (Å²) < 4.78 is 0. The van der Waals surface area contributed by atoms with Gasteiger partial charge >= 0.3 is 0 Å². The molecule has 0 radical (unpaired) electrons. The predicted molar refractivity (Wildman–Crippen MR) is 271 cm³/mol. The molecule has 0 bridgehead atoms. The molecule has 2 aliphatic rings. The van der Waals surface area contributed by atoms with Gasteiger partial charge in [-0.05, 0) is 115 Å². The van der Waals surface area contributed by atoms with Gasteiger partial charge in [0, 0.05) is 44.5 Å². The second kappa shape index (κ2) is 14.5. The van der Waals surface area contributed by atoms with Crippen molar-refractivity contribution in [3.63, 3.8) is 0 Å². The van der Waals surface area contributed by atoms with E-state index in [1.54, 1.807) is 0 Å². The highest BCUT2D eigenvalue weighted by atomic mass is 15.2. The van der Waals surface area contributed by atoms with Crippen LogP contribution in [0.3, 0.4) is 0 Å². The van der Waals surface area contributed by atoms with Gasteiger partial charge in [-0.1, -0.05) is 189 Å². The number of aryl methyl sites for hydroxylation is 1. The molecule has 0 atom stereocenters. The van der Waals surface area contributed by atoms with E-state index in [0.717, 1.165) is 18.7 Å². The van der Waals surface area contributed by atoms with Crippen LogP contribution in [0.1, 0.15) is 30.5 Å². The van der Waals surface area contributed by atoms with Gasteiger partial charge in [0.2, 0.25) is 0 Å². The average molecular weight is 805 g/mol. The molecule has 3 heteroatoms. The number of fused-ring (bicyclic) bond motifs is 8. The van der Waals surface area contributed by atoms with E-state index in [4.69, 9.17) is 0 Å². The fourth-order valence-corrected chi connectivity index (χ4v) is 10.6. The van der Waals surface area contributed by atoms with Gasteiger partial charge in [-0.2, -0.15) is 0 Å². The third-order valence-electron chi connectivity index (χ3n) is 13.8. The maximum atomic E-state index is 3.98. The topological polar surface area (TPSA) is 15.3 Å². The number of hydrogen-bond donors (Lipinski definition) is 1. The van der Waals surface area contributed by atoms with Crippen LogP contribution >= 0.6 is 0 Å². The van der Waals surface area contributed by atoms with Gasteiger partial charge in [-0.3, -0.25) is 0 Å². The lowest BCUT2D eigenvalue weighted by molar-refractivity contribution is 0.660. The number of anilines is 5. The average Bonchev–Trinajstić information content (AvgIpc) is 3.55. The summed E-state index contributed by atoms with van der Waals surface area (Å²) in [4.78, 5) is 2.61. The van der Waals surface area contributed by atoms with Crippen LogP contribution in [-0.2, 0) is 5.41 Å². The molecule has 0 spiro atoms. The maximum Gasteiger partial charge on any atom is 0.198 e. The second-order valence-electron chi connectivity index (χ2n) is 17.8. The highest BCUT2D eigenvalue weighted by molar-refractivity contribution is 6.74. The van der Waals surface area contributed by atoms with E-state index in [0.29, 0.717) is 0 Å². The van der Waals surface area contributed by atoms with Crippen LogP contribution in [0.25, 0.3) is 66.1 Å². The van der Waals surface area contributed by atoms with Crippen molar-refractivity contribution in [2.75, 3.05) is 10.2 Å². The SMILES string of the molecule is Cc1cc(-c2ccccc2)ccc1N1c2cc3c(cc2Bc2c(-c4ccc5ccccc5c4Nc4ccc(-c5ccccc5)cc4)cc4ccccc4c21)-c1ccccc1C3(C)C. The maximum absolute atomic E-state index is 3.98. The summed E-state index contributed by atoms with van der Waals surface area (Å²) in [7, 11) is 0.802. The molecule has 1 aliphatic carbocycles. The van der Waals surface area contributed by atoms with Gasteiger partial charge < -0.3 is 10.2 Å². The van der Waals surface area contributed by atoms with Crippen LogP contribution in [0.15, 0.2) is 206 Å². The first-order valence-electron chi connectivity index (χ1n) is 22.1. The minimum Gasteiger partial charge on any atom is -0.355 e. The van der Waals surface area contributed by atoms with Crippen LogP contribution in [0, 0.1) is 6.92 Å².